The van der Waals surface area contributed by atoms with E-state index in [-0.39, 0.29) is 11.2 Å². The SMILES string of the molecule is NCC1(c2ncc3cc(F)ccn23)CCC1. The van der Waals surface area contributed by atoms with Gasteiger partial charge in [0.1, 0.15) is 11.6 Å². The van der Waals surface area contributed by atoms with E-state index >= 15 is 0 Å². The van der Waals surface area contributed by atoms with Crippen LogP contribution in [0.3, 0.4) is 0 Å². The van der Waals surface area contributed by atoms with Gasteiger partial charge in [-0.1, -0.05) is 6.42 Å². The summed E-state index contributed by atoms with van der Waals surface area (Å²) >= 11 is 0. The predicted octanol–water partition coefficient (Wildman–Crippen LogP) is 1.85. The minimum absolute atomic E-state index is 0.0181. The molecule has 0 bridgehead atoms. The van der Waals surface area contributed by atoms with E-state index in [1.54, 1.807) is 12.4 Å². The zero-order valence-corrected chi connectivity index (χ0v) is 8.99. The van der Waals surface area contributed by atoms with E-state index < -0.39 is 0 Å². The van der Waals surface area contributed by atoms with E-state index in [0.717, 1.165) is 24.2 Å². The van der Waals surface area contributed by atoms with Crippen molar-refractivity contribution in [2.24, 2.45) is 5.73 Å². The summed E-state index contributed by atoms with van der Waals surface area (Å²) in [7, 11) is 0. The van der Waals surface area contributed by atoms with Crippen molar-refractivity contribution in [1.29, 1.82) is 0 Å². The number of imidazole rings is 1. The number of nitrogens with zero attached hydrogens (tertiary/aromatic N) is 2. The van der Waals surface area contributed by atoms with Gasteiger partial charge in [0.15, 0.2) is 0 Å². The molecule has 2 aromatic rings. The molecule has 0 amide bonds. The molecule has 0 unspecified atom stereocenters. The zero-order valence-electron chi connectivity index (χ0n) is 8.99. The smallest absolute Gasteiger partial charge is 0.126 e. The Morgan fingerprint density at radius 1 is 1.50 bits per heavy atom. The molecule has 1 saturated carbocycles. The summed E-state index contributed by atoms with van der Waals surface area (Å²) in [6, 6.07) is 2.96. The fourth-order valence-corrected chi connectivity index (χ4v) is 2.49. The maximum atomic E-state index is 13.1. The van der Waals surface area contributed by atoms with Gasteiger partial charge in [-0.15, -0.1) is 0 Å². The molecule has 1 aliphatic carbocycles. The van der Waals surface area contributed by atoms with E-state index in [0.29, 0.717) is 6.54 Å². The number of hydrogen-bond acceptors (Lipinski definition) is 2. The van der Waals surface area contributed by atoms with Crippen LogP contribution in [0.15, 0.2) is 24.5 Å². The van der Waals surface area contributed by atoms with Gasteiger partial charge in [-0.05, 0) is 25.0 Å². The second-order valence-corrected chi connectivity index (χ2v) is 4.56. The van der Waals surface area contributed by atoms with Crippen LogP contribution in [0.5, 0.6) is 0 Å². The average molecular weight is 219 g/mol. The minimum atomic E-state index is -0.227. The molecule has 1 fully saturated rings. The van der Waals surface area contributed by atoms with Crippen molar-refractivity contribution in [1.82, 2.24) is 9.38 Å². The standard InChI is InChI=1S/C12H14FN3/c13-9-2-5-16-10(6-9)7-15-11(16)12(8-14)3-1-4-12/h2,5-7H,1,3-4,8,14H2. The van der Waals surface area contributed by atoms with Gasteiger partial charge < -0.3 is 10.1 Å². The summed E-state index contributed by atoms with van der Waals surface area (Å²) in [6.45, 7) is 0.615. The van der Waals surface area contributed by atoms with E-state index in [2.05, 4.69) is 4.98 Å². The molecule has 0 radical (unpaired) electrons. The fourth-order valence-electron chi connectivity index (χ4n) is 2.49. The van der Waals surface area contributed by atoms with Gasteiger partial charge >= 0.3 is 0 Å². The van der Waals surface area contributed by atoms with Gasteiger partial charge in [0.25, 0.3) is 0 Å². The summed E-state index contributed by atoms with van der Waals surface area (Å²) in [5.74, 6) is 0.755. The summed E-state index contributed by atoms with van der Waals surface area (Å²) in [5.41, 5.74) is 6.67. The number of pyridine rings is 1. The Bertz CT molecular complexity index is 523. The van der Waals surface area contributed by atoms with Crippen molar-refractivity contribution in [3.8, 4) is 0 Å². The molecule has 0 aromatic carbocycles. The Hall–Kier alpha value is -1.42. The molecule has 84 valence electrons. The van der Waals surface area contributed by atoms with Crippen LogP contribution in [0, 0.1) is 5.82 Å². The largest absolute Gasteiger partial charge is 0.329 e. The van der Waals surface area contributed by atoms with Crippen LogP contribution in [0.2, 0.25) is 0 Å². The van der Waals surface area contributed by atoms with Gasteiger partial charge in [0.2, 0.25) is 0 Å². The normalized spacial score (nSPS) is 18.6. The summed E-state index contributed by atoms with van der Waals surface area (Å²) in [4.78, 5) is 4.42. The number of halogens is 1. The minimum Gasteiger partial charge on any atom is -0.329 e. The second kappa shape index (κ2) is 3.28. The molecule has 0 spiro atoms. The number of rotatable bonds is 2. The molecule has 0 aliphatic heterocycles. The monoisotopic (exact) mass is 219 g/mol. The fraction of sp³-hybridized carbons (Fsp3) is 0.417. The average Bonchev–Trinajstić information content (AvgIpc) is 2.61. The Balaban J connectivity index is 2.17. The number of nitrogens with two attached hydrogens (primary N) is 1. The first-order valence-electron chi connectivity index (χ1n) is 5.58. The van der Waals surface area contributed by atoms with E-state index in [1.807, 2.05) is 4.40 Å². The molecule has 1 aliphatic rings. The highest BCUT2D eigenvalue weighted by Gasteiger charge is 2.40. The Morgan fingerprint density at radius 2 is 2.31 bits per heavy atom. The second-order valence-electron chi connectivity index (χ2n) is 4.56. The van der Waals surface area contributed by atoms with E-state index in [1.165, 1.54) is 18.6 Å². The van der Waals surface area contributed by atoms with Crippen LogP contribution in [-0.2, 0) is 5.41 Å². The van der Waals surface area contributed by atoms with Crippen LogP contribution in [0.1, 0.15) is 25.1 Å². The number of hydrogen-bond donors (Lipinski definition) is 1. The molecule has 0 atom stereocenters. The first-order valence-corrected chi connectivity index (χ1v) is 5.58. The molecule has 4 heteroatoms. The zero-order chi connectivity index (χ0) is 11.2. The molecule has 16 heavy (non-hydrogen) atoms. The Morgan fingerprint density at radius 3 is 2.94 bits per heavy atom. The third-order valence-electron chi connectivity index (χ3n) is 3.67. The van der Waals surface area contributed by atoms with Gasteiger partial charge in [-0.25, -0.2) is 9.37 Å². The van der Waals surface area contributed by atoms with Crippen LogP contribution < -0.4 is 5.73 Å². The van der Waals surface area contributed by atoms with Gasteiger partial charge in [0.05, 0.1) is 11.7 Å². The van der Waals surface area contributed by atoms with Crippen molar-refractivity contribution in [3.63, 3.8) is 0 Å². The van der Waals surface area contributed by atoms with Crippen LogP contribution >= 0.6 is 0 Å². The van der Waals surface area contributed by atoms with E-state index in [4.69, 9.17) is 5.73 Å². The van der Waals surface area contributed by atoms with Crippen LogP contribution in [0.25, 0.3) is 5.52 Å². The number of aromatic nitrogens is 2. The molecule has 2 heterocycles. The van der Waals surface area contributed by atoms with E-state index in [9.17, 15) is 4.39 Å². The molecular weight excluding hydrogens is 205 g/mol. The van der Waals surface area contributed by atoms with Crippen molar-refractivity contribution in [2.45, 2.75) is 24.7 Å². The third-order valence-corrected chi connectivity index (χ3v) is 3.67. The third kappa shape index (κ3) is 1.19. The predicted molar refractivity (Wildman–Crippen MR) is 59.7 cm³/mol. The molecule has 3 nitrogen and oxygen atoms in total. The first-order chi connectivity index (χ1) is 7.75. The van der Waals surface area contributed by atoms with Crippen LogP contribution in [0.4, 0.5) is 4.39 Å². The van der Waals surface area contributed by atoms with Gasteiger partial charge in [-0.3, -0.25) is 0 Å². The Labute approximate surface area is 93.1 Å². The van der Waals surface area contributed by atoms with Gasteiger partial charge in [-0.2, -0.15) is 0 Å². The summed E-state index contributed by atoms with van der Waals surface area (Å²) in [6.07, 6.45) is 6.82. The molecule has 0 saturated heterocycles. The highest BCUT2D eigenvalue weighted by Crippen LogP contribution is 2.42. The van der Waals surface area contributed by atoms with Crippen molar-refractivity contribution < 1.29 is 4.39 Å². The van der Waals surface area contributed by atoms with Gasteiger partial charge in [0, 0.05) is 18.2 Å². The molecule has 2 N–H and O–H groups in total. The first kappa shape index (κ1) is 9.78. The quantitative estimate of drug-likeness (QED) is 0.837. The van der Waals surface area contributed by atoms with Crippen molar-refractivity contribution in [3.05, 3.63) is 36.2 Å². The van der Waals surface area contributed by atoms with Crippen molar-refractivity contribution >= 4 is 5.52 Å². The topological polar surface area (TPSA) is 43.3 Å². The summed E-state index contributed by atoms with van der Waals surface area (Å²) in [5, 5.41) is 0. The maximum Gasteiger partial charge on any atom is 0.126 e. The number of fused-ring (bicyclic) bond motifs is 1. The Kier molecular flexibility index (Phi) is 2.01. The lowest BCUT2D eigenvalue weighted by atomic mass is 9.68. The lowest BCUT2D eigenvalue weighted by molar-refractivity contribution is 0.237. The maximum absolute atomic E-state index is 13.1. The molecule has 2 aromatic heterocycles. The highest BCUT2D eigenvalue weighted by atomic mass is 19.1. The molecule has 3 rings (SSSR count). The lowest BCUT2D eigenvalue weighted by Crippen LogP contribution is -2.43. The van der Waals surface area contributed by atoms with Crippen molar-refractivity contribution in [2.75, 3.05) is 6.54 Å². The summed E-state index contributed by atoms with van der Waals surface area (Å²) < 4.78 is 15.0. The highest BCUT2D eigenvalue weighted by molar-refractivity contribution is 5.47. The molecular formula is C12H14FN3. The lowest BCUT2D eigenvalue weighted by Gasteiger charge is -2.39. The van der Waals surface area contributed by atoms with Crippen LogP contribution in [-0.4, -0.2) is 15.9 Å².